The number of hydrogen-bond acceptors (Lipinski definition) is 0. The van der Waals surface area contributed by atoms with E-state index in [4.69, 9.17) is 11.2 Å². The van der Waals surface area contributed by atoms with E-state index in [1.165, 1.54) is 159 Å². The Labute approximate surface area is 604 Å². The van der Waals surface area contributed by atoms with Crippen molar-refractivity contribution in [2.45, 2.75) is 234 Å². The van der Waals surface area contributed by atoms with Crippen molar-refractivity contribution < 1.29 is 70.1 Å². The molecule has 6 saturated carbocycles. The Morgan fingerprint density at radius 3 is 0.767 bits per heavy atom. The maximum Gasteiger partial charge on any atom is 1.00 e. The van der Waals surface area contributed by atoms with Gasteiger partial charge in [0, 0.05) is 58.5 Å². The number of rotatable bonds is 12. The molecule has 90 heavy (non-hydrogen) atoms. The fourth-order valence-electron chi connectivity index (χ4n) is 14.1. The molecule has 0 radical (unpaired) electrons. The average Bonchev–Trinajstić information content (AvgIpc) is 2.86. The number of hydrogen-bond donors (Lipinski definition) is 0. The zero-order valence-electron chi connectivity index (χ0n) is 55.8. The molecule has 13 rings (SSSR count). The fourth-order valence-corrected chi connectivity index (χ4v) is 29.1. The second-order valence-corrected chi connectivity index (χ2v) is 41.3. The van der Waals surface area contributed by atoms with Crippen LogP contribution < -0.4 is 56.0 Å². The van der Waals surface area contributed by atoms with E-state index >= 15 is 0 Å². The molecule has 10 heteroatoms. The Kier molecular flexibility index (Phi) is 40.7. The van der Waals surface area contributed by atoms with Gasteiger partial charge in [0.2, 0.25) is 0 Å². The molecule has 0 aromatic heterocycles. The van der Waals surface area contributed by atoms with Gasteiger partial charge < -0.3 is 6.42 Å². The van der Waals surface area contributed by atoms with Gasteiger partial charge in [-0.2, -0.15) is 12.8 Å². The number of halogens is 1. The van der Waals surface area contributed by atoms with Crippen LogP contribution in [0.1, 0.15) is 196 Å². The summed E-state index contributed by atoms with van der Waals surface area (Å²) >= 11 is 6.35. The van der Waals surface area contributed by atoms with E-state index in [-0.39, 0.29) is 107 Å². The summed E-state index contributed by atoms with van der Waals surface area (Å²) in [5, 5.41) is 11.4. The van der Waals surface area contributed by atoms with Crippen molar-refractivity contribution in [3.05, 3.63) is 219 Å². The van der Waals surface area contributed by atoms with Gasteiger partial charge in [-0.05, 0) is 156 Å². The second kappa shape index (κ2) is 44.9. The molecule has 484 valence electrons. The van der Waals surface area contributed by atoms with Crippen molar-refractivity contribution in [1.29, 1.82) is 0 Å². The summed E-state index contributed by atoms with van der Waals surface area (Å²) in [6, 6.07) is 77.5. The average molecular weight is 1430 g/mol. The van der Waals surface area contributed by atoms with Gasteiger partial charge in [-0.25, -0.2) is 0 Å². The van der Waals surface area contributed by atoms with Crippen molar-refractivity contribution in [3.8, 4) is 0 Å². The first-order valence-electron chi connectivity index (χ1n) is 33.7. The molecule has 0 bridgehead atoms. The van der Waals surface area contributed by atoms with Crippen LogP contribution in [-0.4, -0.2) is 38.6 Å². The van der Waals surface area contributed by atoms with Crippen LogP contribution in [0.3, 0.4) is 0 Å². The minimum absolute atomic E-state index is 0. The molecule has 0 amide bonds. The third-order valence-electron chi connectivity index (χ3n) is 18.1. The quantitative estimate of drug-likeness (QED) is 0.0650. The van der Waals surface area contributed by atoms with Gasteiger partial charge in [0.25, 0.3) is 0 Å². The summed E-state index contributed by atoms with van der Waals surface area (Å²) in [4.78, 5) is 0. The molecule has 0 nitrogen and oxygen atoms in total. The largest absolute Gasteiger partial charge is 1.00 e. The van der Waals surface area contributed by atoms with Crippen LogP contribution in [-0.2, 0) is 51.2 Å². The van der Waals surface area contributed by atoms with E-state index < -0.39 is 7.27 Å². The summed E-state index contributed by atoms with van der Waals surface area (Å²) in [6.45, 7) is 13.8. The van der Waals surface area contributed by atoms with Gasteiger partial charge >= 0.3 is 18.9 Å². The number of benzene rings is 7. The topological polar surface area (TPSA) is 0 Å². The molecule has 2 atom stereocenters. The summed E-state index contributed by atoms with van der Waals surface area (Å²) in [6.07, 6.45) is 37.1. The van der Waals surface area contributed by atoms with Crippen molar-refractivity contribution in [1.82, 2.24) is 0 Å². The van der Waals surface area contributed by atoms with E-state index in [0.29, 0.717) is 5.16 Å². The van der Waals surface area contributed by atoms with Crippen molar-refractivity contribution in [2.24, 2.45) is 0 Å². The van der Waals surface area contributed by atoms with Crippen molar-refractivity contribution >= 4 is 87.3 Å². The van der Waals surface area contributed by atoms with E-state index in [9.17, 15) is 0 Å². The van der Waals surface area contributed by atoms with Crippen LogP contribution in [0.4, 0.5) is 0 Å². The Hall–Kier alpha value is -0.864. The van der Waals surface area contributed by atoms with E-state index in [1.807, 2.05) is 18.2 Å². The normalized spacial score (nSPS) is 17.6. The minimum atomic E-state index is -0.544. The SMILES string of the molecule is CC(C)(C)P(Cl)c1ccccc1.CC(C)(C)P(c1ccccc1)C1CCCC1.[CH-]1CCCC1.[Fe].[Fe].[Fe].[Li+].c1ccc(P(C2CCCC2)C2CCCC2)cc1.c1ccc(P(c2ccccc2)C2CCCC2)cc1.c1ccc(P(c2ccccc2)C2CCCC2)cc1. The van der Waals surface area contributed by atoms with Gasteiger partial charge in [-0.1, -0.05) is 358 Å². The molecule has 7 aromatic carbocycles. The minimum Gasteiger partial charge on any atom is -0.328 e. The van der Waals surface area contributed by atoms with Crippen molar-refractivity contribution in [3.63, 3.8) is 0 Å². The standard InChI is InChI=1S/2C17H19P.C16H23P.C15H23P.C10H14ClP.C5H9.3Fe.Li/c2*1-3-9-15(10-4-1)18(17-13-7-8-14-17)16-11-5-2-6-12-16;1-2-8-14(9-3-1)17(15-10-4-5-11-15)16-12-6-7-13-16;1-15(2,3)16(14-11-7-8-12-14)13-9-5-4-6-10-13;1-10(2,3)12(11)9-7-5-4-6-8-9;1-2-4-5-3-1;;;;/h2*1-6,9-12,17H,7-8,13-14H2;1-3,8-9,15-16H,4-7,10-13H2;4-6,9-10,14H,7-8,11-12H2,1-3H3;4-8H,1-3H3;1H,2-5H2;;;;/q;;;;;-1;;;;+1. The Morgan fingerprint density at radius 2 is 0.522 bits per heavy atom. The molecular weight excluding hydrogens is 1330 g/mol. The zero-order valence-corrected chi connectivity index (χ0v) is 64.4. The molecule has 0 heterocycles. The molecule has 6 aliphatic rings. The molecule has 0 N–H and O–H groups in total. The van der Waals surface area contributed by atoms with Gasteiger partial charge in [0.15, 0.2) is 0 Å². The maximum atomic E-state index is 6.35. The first-order chi connectivity index (χ1) is 42.0. The first kappa shape index (κ1) is 81.6. The molecule has 6 fully saturated rings. The van der Waals surface area contributed by atoms with Crippen LogP contribution in [0.15, 0.2) is 212 Å². The predicted octanol–water partition coefficient (Wildman–Crippen LogP) is 19.8. The summed E-state index contributed by atoms with van der Waals surface area (Å²) in [7, 11) is -0.704. The van der Waals surface area contributed by atoms with E-state index in [0.717, 1.165) is 28.3 Å². The van der Waals surface area contributed by atoms with Crippen LogP contribution in [0, 0.1) is 6.42 Å². The van der Waals surface area contributed by atoms with E-state index in [2.05, 4.69) is 242 Å². The summed E-state index contributed by atoms with van der Waals surface area (Å²) < 4.78 is 0. The summed E-state index contributed by atoms with van der Waals surface area (Å²) in [5.41, 5.74) is 4.86. The predicted molar refractivity (Wildman–Crippen MR) is 397 cm³/mol. The third kappa shape index (κ3) is 26.9. The molecule has 0 aliphatic heterocycles. The fraction of sp³-hybridized carbons (Fsp3) is 0.463. The third-order valence-corrected chi connectivity index (χ3v) is 35.1. The Balaban J connectivity index is 0.000000234. The Bertz CT molecular complexity index is 2640. The van der Waals surface area contributed by atoms with Gasteiger partial charge in [0.05, 0.1) is 0 Å². The van der Waals surface area contributed by atoms with Crippen LogP contribution in [0.25, 0.3) is 0 Å². The second-order valence-electron chi connectivity index (χ2n) is 26.8. The smallest absolute Gasteiger partial charge is 0.328 e. The molecular formula is C80H107ClFe3LiP5. The molecule has 7 aromatic rings. The molecule has 6 aliphatic carbocycles. The molecule has 0 spiro atoms. The van der Waals surface area contributed by atoms with Gasteiger partial charge in [-0.3, -0.25) is 0 Å². The van der Waals surface area contributed by atoms with Crippen LogP contribution in [0.5, 0.6) is 0 Å². The van der Waals surface area contributed by atoms with Gasteiger partial charge in [-0.15, -0.1) is 0 Å². The zero-order chi connectivity index (χ0) is 60.2. The summed E-state index contributed by atoms with van der Waals surface area (Å²) in [5.74, 6) is 0. The van der Waals surface area contributed by atoms with Gasteiger partial charge in [0.1, 0.15) is 0 Å². The first-order valence-corrected chi connectivity index (χ1v) is 41.7. The Morgan fingerprint density at radius 1 is 0.289 bits per heavy atom. The van der Waals surface area contributed by atoms with Crippen LogP contribution >= 0.6 is 50.2 Å². The molecule has 2 unspecified atom stereocenters. The monoisotopic (exact) mass is 1430 g/mol. The van der Waals surface area contributed by atoms with E-state index in [1.54, 1.807) is 31.8 Å². The molecule has 0 saturated heterocycles. The van der Waals surface area contributed by atoms with Crippen molar-refractivity contribution in [2.75, 3.05) is 0 Å². The maximum absolute atomic E-state index is 6.35. The van der Waals surface area contributed by atoms with Crippen LogP contribution in [0.2, 0.25) is 0 Å².